The molecule has 0 radical (unpaired) electrons. The summed E-state index contributed by atoms with van der Waals surface area (Å²) in [5, 5.41) is 11.0. The Hall–Kier alpha value is -2.29. The number of methoxy groups -OCH3 is 2. The molecule has 1 N–H and O–H groups in total. The molecule has 0 aromatic carbocycles. The number of fused-ring (bicyclic) bond motifs is 1. The van der Waals surface area contributed by atoms with Crippen molar-refractivity contribution in [2.45, 2.75) is 18.4 Å². The van der Waals surface area contributed by atoms with Gasteiger partial charge in [0.25, 0.3) is 0 Å². The van der Waals surface area contributed by atoms with Gasteiger partial charge in [-0.2, -0.15) is 9.97 Å². The molecule has 2 saturated heterocycles. The fourth-order valence-electron chi connectivity index (χ4n) is 3.68. The number of aliphatic hydroxyl groups is 1. The molecule has 26 heavy (non-hydrogen) atoms. The lowest BCUT2D eigenvalue weighted by molar-refractivity contribution is -0.0762. The molecule has 2 fully saturated rings. The van der Waals surface area contributed by atoms with E-state index < -0.39 is 5.60 Å². The Labute approximate surface area is 153 Å². The summed E-state index contributed by atoms with van der Waals surface area (Å²) < 4.78 is 10.4. The van der Waals surface area contributed by atoms with Crippen molar-refractivity contribution in [2.75, 3.05) is 59.4 Å². The highest BCUT2D eigenvalue weighted by atomic mass is 16.5. The Kier molecular flexibility index (Phi) is 5.08. The number of hydrogen-bond acceptors (Lipinski definition) is 7. The van der Waals surface area contributed by atoms with Crippen molar-refractivity contribution in [3.63, 3.8) is 0 Å². The molecule has 0 spiro atoms. The van der Waals surface area contributed by atoms with Crippen molar-refractivity contribution in [1.29, 1.82) is 0 Å². The maximum atomic E-state index is 12.3. The SMILES string of the molecule is COc1cc(OC)nc(N2CC[C@]3(O)CCN(C(=O)N(C)C)C[C@@H]3C2)n1. The zero-order valence-corrected chi connectivity index (χ0v) is 15.8. The summed E-state index contributed by atoms with van der Waals surface area (Å²) in [7, 11) is 6.58. The molecule has 2 atom stereocenters. The number of carbonyl (C=O) groups is 1. The summed E-state index contributed by atoms with van der Waals surface area (Å²) in [5.41, 5.74) is -0.747. The largest absolute Gasteiger partial charge is 0.481 e. The number of amides is 2. The van der Waals surface area contributed by atoms with Crippen LogP contribution in [0.2, 0.25) is 0 Å². The van der Waals surface area contributed by atoms with Crippen LogP contribution in [0, 0.1) is 5.92 Å². The van der Waals surface area contributed by atoms with Crippen LogP contribution >= 0.6 is 0 Å². The van der Waals surface area contributed by atoms with E-state index in [0.29, 0.717) is 56.7 Å². The smallest absolute Gasteiger partial charge is 0.319 e. The average Bonchev–Trinajstić information content (AvgIpc) is 2.65. The van der Waals surface area contributed by atoms with Gasteiger partial charge in [-0.05, 0) is 12.8 Å². The Bertz CT molecular complexity index is 648. The number of anilines is 1. The number of carbonyl (C=O) groups excluding carboxylic acids is 1. The molecule has 9 heteroatoms. The number of rotatable bonds is 3. The van der Waals surface area contributed by atoms with E-state index in [2.05, 4.69) is 9.97 Å². The fourth-order valence-corrected chi connectivity index (χ4v) is 3.68. The Balaban J connectivity index is 1.79. The Morgan fingerprint density at radius 3 is 2.38 bits per heavy atom. The summed E-state index contributed by atoms with van der Waals surface area (Å²) in [6.45, 7) is 2.31. The minimum absolute atomic E-state index is 0.0246. The van der Waals surface area contributed by atoms with Crippen molar-refractivity contribution in [3.8, 4) is 11.8 Å². The van der Waals surface area contributed by atoms with Crippen LogP contribution in [0.25, 0.3) is 0 Å². The molecule has 3 rings (SSSR count). The van der Waals surface area contributed by atoms with Gasteiger partial charge in [-0.3, -0.25) is 0 Å². The molecular weight excluding hydrogens is 338 g/mol. The van der Waals surface area contributed by atoms with Crippen molar-refractivity contribution in [2.24, 2.45) is 5.92 Å². The molecule has 0 aliphatic carbocycles. The minimum Gasteiger partial charge on any atom is -0.481 e. The molecule has 1 aromatic rings. The summed E-state index contributed by atoms with van der Waals surface area (Å²) in [6, 6.07) is 1.60. The zero-order chi connectivity index (χ0) is 18.9. The van der Waals surface area contributed by atoms with E-state index in [1.54, 1.807) is 44.2 Å². The molecule has 9 nitrogen and oxygen atoms in total. The maximum Gasteiger partial charge on any atom is 0.319 e. The Morgan fingerprint density at radius 2 is 1.81 bits per heavy atom. The molecule has 2 aliphatic rings. The zero-order valence-electron chi connectivity index (χ0n) is 15.8. The number of urea groups is 1. The van der Waals surface area contributed by atoms with Crippen LogP contribution in [-0.4, -0.2) is 91.0 Å². The fraction of sp³-hybridized carbons (Fsp3) is 0.706. The second-order valence-electron chi connectivity index (χ2n) is 7.12. The molecule has 2 aliphatic heterocycles. The number of aromatic nitrogens is 2. The van der Waals surface area contributed by atoms with Gasteiger partial charge in [0.05, 0.1) is 25.9 Å². The lowest BCUT2D eigenvalue weighted by Crippen LogP contribution is -2.61. The average molecular weight is 365 g/mol. The van der Waals surface area contributed by atoms with Gasteiger partial charge in [0, 0.05) is 46.2 Å². The van der Waals surface area contributed by atoms with Crippen LogP contribution in [0.1, 0.15) is 12.8 Å². The maximum absolute atomic E-state index is 12.3. The van der Waals surface area contributed by atoms with E-state index >= 15 is 0 Å². The standard InChI is InChI=1S/C17H27N5O4/c1-20(2)16(23)22-8-6-17(24)5-7-21(10-12(17)11-22)15-18-13(25-3)9-14(19-15)26-4/h9,12,24H,5-8,10-11H2,1-4H3/t12-,17-/m0/s1. The predicted molar refractivity (Wildman–Crippen MR) is 95.7 cm³/mol. The van der Waals surface area contributed by atoms with Gasteiger partial charge in [-0.15, -0.1) is 0 Å². The van der Waals surface area contributed by atoms with Crippen LogP contribution in [0.3, 0.4) is 0 Å². The summed E-state index contributed by atoms with van der Waals surface area (Å²) >= 11 is 0. The lowest BCUT2D eigenvalue weighted by Gasteiger charge is -2.50. The molecule has 3 heterocycles. The molecular formula is C17H27N5O4. The van der Waals surface area contributed by atoms with Crippen LogP contribution in [-0.2, 0) is 0 Å². The number of likely N-dealkylation sites (tertiary alicyclic amines) is 1. The van der Waals surface area contributed by atoms with Gasteiger partial charge in [-0.25, -0.2) is 4.79 Å². The lowest BCUT2D eigenvalue weighted by atomic mass is 9.76. The van der Waals surface area contributed by atoms with Crippen molar-refractivity contribution in [1.82, 2.24) is 19.8 Å². The van der Waals surface area contributed by atoms with E-state index in [1.807, 2.05) is 4.90 Å². The minimum atomic E-state index is -0.747. The molecule has 2 amide bonds. The topological polar surface area (TPSA) is 91.3 Å². The summed E-state index contributed by atoms with van der Waals surface area (Å²) in [4.78, 5) is 26.5. The molecule has 0 saturated carbocycles. The first-order chi connectivity index (χ1) is 12.4. The molecule has 144 valence electrons. The second-order valence-corrected chi connectivity index (χ2v) is 7.12. The van der Waals surface area contributed by atoms with Gasteiger partial charge in [-0.1, -0.05) is 0 Å². The highest BCUT2D eigenvalue weighted by Gasteiger charge is 2.46. The monoisotopic (exact) mass is 365 g/mol. The van der Waals surface area contributed by atoms with E-state index in [4.69, 9.17) is 9.47 Å². The van der Waals surface area contributed by atoms with Crippen LogP contribution in [0.4, 0.5) is 10.7 Å². The Morgan fingerprint density at radius 1 is 1.19 bits per heavy atom. The number of ether oxygens (including phenoxy) is 2. The van der Waals surface area contributed by atoms with Crippen molar-refractivity contribution >= 4 is 12.0 Å². The third-order valence-electron chi connectivity index (χ3n) is 5.29. The third-order valence-corrected chi connectivity index (χ3v) is 5.29. The van der Waals surface area contributed by atoms with Gasteiger partial charge < -0.3 is 29.3 Å². The van der Waals surface area contributed by atoms with E-state index in [-0.39, 0.29) is 11.9 Å². The van der Waals surface area contributed by atoms with Gasteiger partial charge >= 0.3 is 6.03 Å². The quantitative estimate of drug-likeness (QED) is 0.831. The third kappa shape index (κ3) is 3.48. The highest BCUT2D eigenvalue weighted by Crippen LogP contribution is 2.37. The van der Waals surface area contributed by atoms with Crippen molar-refractivity contribution < 1.29 is 19.4 Å². The number of hydrogen-bond donors (Lipinski definition) is 1. The number of nitrogens with zero attached hydrogens (tertiary/aromatic N) is 5. The van der Waals surface area contributed by atoms with Crippen LogP contribution in [0.15, 0.2) is 6.07 Å². The first-order valence-corrected chi connectivity index (χ1v) is 8.77. The normalized spacial score (nSPS) is 25.5. The van der Waals surface area contributed by atoms with Gasteiger partial charge in [0.1, 0.15) is 0 Å². The van der Waals surface area contributed by atoms with Crippen LogP contribution < -0.4 is 14.4 Å². The van der Waals surface area contributed by atoms with Crippen molar-refractivity contribution in [3.05, 3.63) is 6.07 Å². The summed E-state index contributed by atoms with van der Waals surface area (Å²) in [5.74, 6) is 1.32. The van der Waals surface area contributed by atoms with E-state index in [1.165, 1.54) is 0 Å². The molecule has 0 bridgehead atoms. The van der Waals surface area contributed by atoms with Gasteiger partial charge in [0.15, 0.2) is 0 Å². The number of piperidine rings is 2. The highest BCUT2D eigenvalue weighted by molar-refractivity contribution is 5.74. The van der Waals surface area contributed by atoms with Crippen LogP contribution in [0.5, 0.6) is 11.8 Å². The first-order valence-electron chi connectivity index (χ1n) is 8.77. The van der Waals surface area contributed by atoms with Gasteiger partial charge in [0.2, 0.25) is 17.7 Å². The predicted octanol–water partition coefficient (Wildman–Crippen LogP) is 0.439. The molecule has 0 unspecified atom stereocenters. The van der Waals surface area contributed by atoms with E-state index in [9.17, 15) is 9.90 Å². The summed E-state index contributed by atoms with van der Waals surface area (Å²) in [6.07, 6.45) is 1.21. The molecule has 1 aromatic heterocycles. The van der Waals surface area contributed by atoms with E-state index in [0.717, 1.165) is 0 Å². The second kappa shape index (κ2) is 7.14. The first kappa shape index (κ1) is 18.5.